The normalized spacial score (nSPS) is 53.6. The maximum Gasteiger partial charge on any atom is 0.133 e. The predicted molar refractivity (Wildman–Crippen MR) is 95.2 cm³/mol. The van der Waals surface area contributed by atoms with Gasteiger partial charge in [-0.1, -0.05) is 25.5 Å². The first-order valence-corrected chi connectivity index (χ1v) is 9.91. The zero-order valence-electron chi connectivity index (χ0n) is 15.4. The number of allylic oxidation sites excluding steroid dienone is 1. The monoisotopic (exact) mass is 331 g/mol. The van der Waals surface area contributed by atoms with Crippen molar-refractivity contribution in [1.29, 1.82) is 0 Å². The molecule has 0 aliphatic heterocycles. The highest BCUT2D eigenvalue weighted by Crippen LogP contribution is 2.66. The highest BCUT2D eigenvalue weighted by Gasteiger charge is 2.62. The number of aliphatic hydroxyl groups is 1. The molecule has 0 saturated heterocycles. The van der Waals surface area contributed by atoms with Crippen LogP contribution < -0.4 is 5.73 Å². The van der Waals surface area contributed by atoms with Crippen LogP contribution in [-0.2, 0) is 4.79 Å². The van der Waals surface area contributed by atoms with Crippen molar-refractivity contribution in [1.82, 2.24) is 0 Å². The molecular formula is C21H33NO2. The lowest BCUT2D eigenvalue weighted by Crippen LogP contribution is -2.53. The molecule has 0 aromatic carbocycles. The molecule has 3 saturated carbocycles. The van der Waals surface area contributed by atoms with Crippen molar-refractivity contribution in [3.63, 3.8) is 0 Å². The number of ketones is 1. The van der Waals surface area contributed by atoms with Crippen LogP contribution in [0.1, 0.15) is 65.7 Å². The molecule has 0 unspecified atom stereocenters. The Bertz CT molecular complexity index is 584. The Balaban J connectivity index is 1.70. The van der Waals surface area contributed by atoms with Crippen LogP contribution in [0.25, 0.3) is 0 Å². The summed E-state index contributed by atoms with van der Waals surface area (Å²) in [6.45, 7) is 6.46. The SMILES string of the molecule is CC(=O)[C@@H]1C[C@H](O)[C@H]2[C@@H]3CC=C4C[C@@H](N)CC[C@]4(C)[C@H]3CC[C@@]21C. The standard InChI is InChI=1S/C21H33NO2/c1-12(23)17-11-18(24)19-15-5-4-13-10-14(22)6-8-20(13,2)16(15)7-9-21(17,19)3/h4,14-19,24H,5-11,22H2,1-3H3/t14-,15+,16-,17-,18-,19+,20-,21+/m0/s1. The number of carbonyl (C=O) groups is 1. The Labute approximate surface area is 146 Å². The molecule has 0 heterocycles. The lowest BCUT2D eigenvalue weighted by Gasteiger charge is -2.58. The quantitative estimate of drug-likeness (QED) is 0.723. The van der Waals surface area contributed by atoms with E-state index >= 15 is 0 Å². The summed E-state index contributed by atoms with van der Waals surface area (Å²) in [5, 5.41) is 10.9. The number of aliphatic hydroxyl groups excluding tert-OH is 1. The molecule has 4 rings (SSSR count). The number of hydrogen-bond donors (Lipinski definition) is 2. The summed E-state index contributed by atoms with van der Waals surface area (Å²) in [6, 6.07) is 0.328. The van der Waals surface area contributed by atoms with E-state index in [1.165, 1.54) is 12.8 Å². The molecule has 3 fully saturated rings. The molecule has 4 aliphatic rings. The minimum Gasteiger partial charge on any atom is -0.393 e. The summed E-state index contributed by atoms with van der Waals surface area (Å²) >= 11 is 0. The topological polar surface area (TPSA) is 63.3 Å². The number of rotatable bonds is 1. The van der Waals surface area contributed by atoms with Crippen LogP contribution in [-0.4, -0.2) is 23.0 Å². The van der Waals surface area contributed by atoms with Crippen LogP contribution in [0, 0.1) is 34.5 Å². The third-order valence-corrected chi connectivity index (χ3v) is 8.62. The van der Waals surface area contributed by atoms with Crippen LogP contribution in [0.4, 0.5) is 0 Å². The van der Waals surface area contributed by atoms with Crippen molar-refractivity contribution in [3.05, 3.63) is 11.6 Å². The van der Waals surface area contributed by atoms with Crippen LogP contribution >= 0.6 is 0 Å². The molecule has 0 aromatic rings. The van der Waals surface area contributed by atoms with E-state index in [1.807, 2.05) is 0 Å². The number of nitrogens with two attached hydrogens (primary N) is 1. The Morgan fingerprint density at radius 2 is 2.04 bits per heavy atom. The molecule has 0 spiro atoms. The van der Waals surface area contributed by atoms with Gasteiger partial charge in [-0.15, -0.1) is 0 Å². The number of Topliss-reactive ketones (excluding diaryl/α,β-unsaturated/α-hetero) is 1. The van der Waals surface area contributed by atoms with E-state index in [2.05, 4.69) is 19.9 Å². The third-order valence-electron chi connectivity index (χ3n) is 8.62. The molecule has 0 radical (unpaired) electrons. The molecule has 4 aliphatic carbocycles. The van der Waals surface area contributed by atoms with E-state index < -0.39 is 0 Å². The second-order valence-electron chi connectivity index (χ2n) is 9.69. The van der Waals surface area contributed by atoms with E-state index in [0.29, 0.717) is 24.3 Å². The summed E-state index contributed by atoms with van der Waals surface area (Å²) < 4.78 is 0. The molecular weight excluding hydrogens is 298 g/mol. The molecule has 3 N–H and O–H groups in total. The van der Waals surface area contributed by atoms with Crippen molar-refractivity contribution >= 4 is 5.78 Å². The maximum absolute atomic E-state index is 12.2. The van der Waals surface area contributed by atoms with Gasteiger partial charge in [-0.3, -0.25) is 4.79 Å². The summed E-state index contributed by atoms with van der Waals surface area (Å²) in [4.78, 5) is 12.2. The first-order valence-electron chi connectivity index (χ1n) is 9.91. The molecule has 0 bridgehead atoms. The number of hydrogen-bond acceptors (Lipinski definition) is 3. The summed E-state index contributed by atoms with van der Waals surface area (Å²) in [5.41, 5.74) is 8.09. The van der Waals surface area contributed by atoms with Gasteiger partial charge >= 0.3 is 0 Å². The largest absolute Gasteiger partial charge is 0.393 e. The highest BCUT2D eigenvalue weighted by molar-refractivity contribution is 5.79. The lowest BCUT2D eigenvalue weighted by molar-refractivity contribution is -0.127. The predicted octanol–water partition coefficient (Wildman–Crippen LogP) is 3.45. The molecule has 24 heavy (non-hydrogen) atoms. The van der Waals surface area contributed by atoms with Gasteiger partial charge in [0.1, 0.15) is 5.78 Å². The zero-order chi connectivity index (χ0) is 17.3. The minimum absolute atomic E-state index is 0.000804. The van der Waals surface area contributed by atoms with Crippen molar-refractivity contribution in [2.45, 2.75) is 77.9 Å². The van der Waals surface area contributed by atoms with Gasteiger partial charge in [0.05, 0.1) is 6.10 Å². The van der Waals surface area contributed by atoms with Crippen LogP contribution in [0.15, 0.2) is 11.6 Å². The van der Waals surface area contributed by atoms with Gasteiger partial charge < -0.3 is 10.8 Å². The molecule has 8 atom stereocenters. The molecule has 134 valence electrons. The van der Waals surface area contributed by atoms with Crippen molar-refractivity contribution in [2.24, 2.45) is 40.2 Å². The van der Waals surface area contributed by atoms with Gasteiger partial charge in [-0.25, -0.2) is 0 Å². The van der Waals surface area contributed by atoms with Gasteiger partial charge in [0.2, 0.25) is 0 Å². The second-order valence-corrected chi connectivity index (χ2v) is 9.69. The Kier molecular flexibility index (Phi) is 3.78. The van der Waals surface area contributed by atoms with Crippen molar-refractivity contribution in [2.75, 3.05) is 0 Å². The van der Waals surface area contributed by atoms with E-state index in [0.717, 1.165) is 25.7 Å². The summed E-state index contributed by atoms with van der Waals surface area (Å²) in [6.07, 6.45) is 9.57. The third kappa shape index (κ3) is 2.13. The first kappa shape index (κ1) is 16.8. The van der Waals surface area contributed by atoms with Gasteiger partial charge in [-0.05, 0) is 80.5 Å². The number of fused-ring (bicyclic) bond motifs is 5. The van der Waals surface area contributed by atoms with E-state index in [-0.39, 0.29) is 34.6 Å². The van der Waals surface area contributed by atoms with Gasteiger partial charge in [0, 0.05) is 12.0 Å². The molecule has 3 nitrogen and oxygen atoms in total. The fourth-order valence-corrected chi connectivity index (χ4v) is 7.39. The van der Waals surface area contributed by atoms with Crippen LogP contribution in [0.5, 0.6) is 0 Å². The fourth-order valence-electron chi connectivity index (χ4n) is 7.39. The average molecular weight is 332 g/mol. The van der Waals surface area contributed by atoms with E-state index in [4.69, 9.17) is 5.73 Å². The maximum atomic E-state index is 12.2. The fraction of sp³-hybridized carbons (Fsp3) is 0.857. The smallest absolute Gasteiger partial charge is 0.133 e. The molecule has 0 amide bonds. The van der Waals surface area contributed by atoms with E-state index in [9.17, 15) is 9.90 Å². The Morgan fingerprint density at radius 3 is 2.75 bits per heavy atom. The summed E-state index contributed by atoms with van der Waals surface area (Å²) in [7, 11) is 0. The Morgan fingerprint density at radius 1 is 1.29 bits per heavy atom. The zero-order valence-corrected chi connectivity index (χ0v) is 15.4. The average Bonchev–Trinajstić information content (AvgIpc) is 2.80. The van der Waals surface area contributed by atoms with Crippen LogP contribution in [0.3, 0.4) is 0 Å². The van der Waals surface area contributed by atoms with E-state index in [1.54, 1.807) is 12.5 Å². The second kappa shape index (κ2) is 5.41. The van der Waals surface area contributed by atoms with Gasteiger partial charge in [-0.2, -0.15) is 0 Å². The lowest BCUT2D eigenvalue weighted by atomic mass is 9.47. The summed E-state index contributed by atoms with van der Waals surface area (Å²) in [5.74, 6) is 1.81. The molecule has 0 aromatic heterocycles. The van der Waals surface area contributed by atoms with Crippen LogP contribution in [0.2, 0.25) is 0 Å². The number of carbonyl (C=O) groups excluding carboxylic acids is 1. The van der Waals surface area contributed by atoms with Crippen molar-refractivity contribution in [3.8, 4) is 0 Å². The molecule has 3 heteroatoms. The van der Waals surface area contributed by atoms with Crippen molar-refractivity contribution < 1.29 is 9.90 Å². The highest BCUT2D eigenvalue weighted by atomic mass is 16.3. The first-order chi connectivity index (χ1) is 11.3. The van der Waals surface area contributed by atoms with Gasteiger partial charge in [0.15, 0.2) is 0 Å². The minimum atomic E-state index is -0.305. The van der Waals surface area contributed by atoms with Gasteiger partial charge in [0.25, 0.3) is 0 Å². The Hall–Kier alpha value is -0.670.